The van der Waals surface area contributed by atoms with Crippen molar-refractivity contribution in [3.63, 3.8) is 0 Å². The lowest BCUT2D eigenvalue weighted by Gasteiger charge is -1.97. The summed E-state index contributed by atoms with van der Waals surface area (Å²) in [6, 6.07) is 11.1. The number of rotatable bonds is 5. The van der Waals surface area contributed by atoms with E-state index >= 15 is 0 Å². The van der Waals surface area contributed by atoms with Crippen LogP contribution in [0.2, 0.25) is 0 Å². The van der Waals surface area contributed by atoms with Gasteiger partial charge in [0, 0.05) is 0 Å². The Labute approximate surface area is 78.3 Å². The molecule has 0 heterocycles. The first kappa shape index (κ1) is 9.69. The Morgan fingerprint density at radius 3 is 3.00 bits per heavy atom. The number of hydrogen-bond donors (Lipinski definition) is 0. The van der Waals surface area contributed by atoms with Crippen molar-refractivity contribution in [1.29, 1.82) is 0 Å². The largest absolute Gasteiger partial charge is 0.234 e. The lowest BCUT2D eigenvalue weighted by molar-refractivity contribution is 0.562. The van der Waals surface area contributed by atoms with E-state index in [-0.39, 0.29) is 0 Å². The summed E-state index contributed by atoms with van der Waals surface area (Å²) in [7, 11) is 0. The van der Waals surface area contributed by atoms with E-state index < -0.39 is 0 Å². The predicted octanol–water partition coefficient (Wildman–Crippen LogP) is 2.15. The zero-order valence-electron chi connectivity index (χ0n) is 7.49. The minimum absolute atomic E-state index is 0.594. The molecule has 0 aliphatic heterocycles. The second kappa shape index (κ2) is 6.15. The first-order valence-electron chi connectivity index (χ1n) is 4.42. The number of benzene rings is 1. The topological polar surface area (TPSA) is 29.4 Å². The molecule has 1 aromatic carbocycles. The van der Waals surface area contributed by atoms with Crippen LogP contribution in [0.15, 0.2) is 29.3 Å². The lowest BCUT2D eigenvalue weighted by atomic mass is 10.1. The Bertz CT molecular complexity index is 275. The van der Waals surface area contributed by atoms with Gasteiger partial charge in [-0.15, -0.1) is 0 Å². The van der Waals surface area contributed by atoms with Crippen LogP contribution < -0.4 is 0 Å². The van der Waals surface area contributed by atoms with Gasteiger partial charge in [-0.05, 0) is 30.9 Å². The maximum absolute atomic E-state index is 9.74. The Hall–Kier alpha value is -1.40. The van der Waals surface area contributed by atoms with Gasteiger partial charge in [-0.3, -0.25) is 0 Å². The summed E-state index contributed by atoms with van der Waals surface area (Å²) < 4.78 is 0. The van der Waals surface area contributed by atoms with Crippen LogP contribution in [0.25, 0.3) is 0 Å². The summed E-state index contributed by atoms with van der Waals surface area (Å²) in [5, 5.41) is 0. The molecule has 0 fully saturated rings. The van der Waals surface area contributed by atoms with E-state index in [0.717, 1.165) is 19.3 Å². The van der Waals surface area contributed by atoms with Crippen LogP contribution in [-0.4, -0.2) is 12.6 Å². The maximum Gasteiger partial charge on any atom is 0.234 e. The van der Waals surface area contributed by atoms with Crippen molar-refractivity contribution in [2.75, 3.05) is 6.54 Å². The second-order valence-corrected chi connectivity index (χ2v) is 2.82. The standard InChI is InChI=1S/C11H12NO/c13-10-12-9-5-4-8-11-6-2-1-3-7-11/h1-3,6H,4-5,8-9H2. The van der Waals surface area contributed by atoms with Gasteiger partial charge >= 0.3 is 0 Å². The quantitative estimate of drug-likeness (QED) is 0.382. The van der Waals surface area contributed by atoms with Crippen LogP contribution in [0.5, 0.6) is 0 Å². The minimum atomic E-state index is 0.594. The molecule has 0 aromatic heterocycles. The molecule has 0 aliphatic carbocycles. The number of isocyanates is 1. The number of aliphatic imine (C=N–C) groups is 1. The molecule has 2 heteroatoms. The zero-order valence-corrected chi connectivity index (χ0v) is 7.49. The van der Waals surface area contributed by atoms with Crippen molar-refractivity contribution in [2.45, 2.75) is 19.3 Å². The number of hydrogen-bond acceptors (Lipinski definition) is 2. The summed E-state index contributed by atoms with van der Waals surface area (Å²) in [5.41, 5.74) is 1.22. The van der Waals surface area contributed by atoms with Gasteiger partial charge in [0.05, 0.1) is 6.54 Å². The number of unbranched alkanes of at least 4 members (excludes halogenated alkanes) is 1. The molecule has 67 valence electrons. The Morgan fingerprint density at radius 2 is 2.31 bits per heavy atom. The highest BCUT2D eigenvalue weighted by atomic mass is 16.1. The molecule has 0 unspecified atom stereocenters. The molecule has 2 nitrogen and oxygen atoms in total. The van der Waals surface area contributed by atoms with Gasteiger partial charge < -0.3 is 0 Å². The molecule has 0 bridgehead atoms. The van der Waals surface area contributed by atoms with E-state index in [4.69, 9.17) is 0 Å². The average Bonchev–Trinajstić information content (AvgIpc) is 2.19. The molecule has 0 atom stereocenters. The SMILES string of the molecule is O=C=NCCCCc1[c]cccc1. The normalized spacial score (nSPS) is 9.23. The highest BCUT2D eigenvalue weighted by molar-refractivity contribution is 5.32. The van der Waals surface area contributed by atoms with Crippen molar-refractivity contribution in [3.05, 3.63) is 35.9 Å². The van der Waals surface area contributed by atoms with Gasteiger partial charge in [0.15, 0.2) is 0 Å². The fraction of sp³-hybridized carbons (Fsp3) is 0.364. The molecule has 0 N–H and O–H groups in total. The van der Waals surface area contributed by atoms with E-state index in [9.17, 15) is 4.79 Å². The number of carbonyl (C=O) groups excluding carboxylic acids is 1. The van der Waals surface area contributed by atoms with E-state index in [0.29, 0.717) is 6.54 Å². The van der Waals surface area contributed by atoms with E-state index in [1.807, 2.05) is 18.2 Å². The summed E-state index contributed by atoms with van der Waals surface area (Å²) in [6.45, 7) is 0.594. The smallest absolute Gasteiger partial charge is 0.211 e. The van der Waals surface area contributed by atoms with Gasteiger partial charge in [-0.2, -0.15) is 0 Å². The molecular weight excluding hydrogens is 162 g/mol. The number of aryl methyl sites for hydroxylation is 1. The summed E-state index contributed by atoms with van der Waals surface area (Å²) >= 11 is 0. The second-order valence-electron chi connectivity index (χ2n) is 2.82. The van der Waals surface area contributed by atoms with E-state index in [1.54, 1.807) is 0 Å². The van der Waals surface area contributed by atoms with Crippen molar-refractivity contribution in [3.8, 4) is 0 Å². The molecular formula is C11H12NO. The maximum atomic E-state index is 9.74. The van der Waals surface area contributed by atoms with Crippen LogP contribution in [0.3, 0.4) is 0 Å². The third-order valence-corrected chi connectivity index (χ3v) is 1.80. The third-order valence-electron chi connectivity index (χ3n) is 1.80. The van der Waals surface area contributed by atoms with E-state index in [2.05, 4.69) is 17.1 Å². The van der Waals surface area contributed by atoms with Gasteiger partial charge in [-0.1, -0.05) is 24.3 Å². The van der Waals surface area contributed by atoms with Gasteiger partial charge in [-0.25, -0.2) is 9.79 Å². The van der Waals surface area contributed by atoms with Crippen molar-refractivity contribution < 1.29 is 4.79 Å². The van der Waals surface area contributed by atoms with Gasteiger partial charge in [0.1, 0.15) is 0 Å². The summed E-state index contributed by atoms with van der Waals surface area (Å²) in [5.74, 6) is 0. The monoisotopic (exact) mass is 174 g/mol. The lowest BCUT2D eigenvalue weighted by Crippen LogP contribution is -1.87. The van der Waals surface area contributed by atoms with Crippen LogP contribution in [0.4, 0.5) is 0 Å². The molecule has 0 saturated carbocycles. The Balaban J connectivity index is 2.17. The van der Waals surface area contributed by atoms with Crippen molar-refractivity contribution in [1.82, 2.24) is 0 Å². The highest BCUT2D eigenvalue weighted by Gasteiger charge is 1.91. The van der Waals surface area contributed by atoms with Gasteiger partial charge in [0.2, 0.25) is 6.08 Å². The Kier molecular flexibility index (Phi) is 4.58. The highest BCUT2D eigenvalue weighted by Crippen LogP contribution is 2.03. The fourth-order valence-corrected chi connectivity index (χ4v) is 1.14. The summed E-state index contributed by atoms with van der Waals surface area (Å²) in [6.07, 6.45) is 4.53. The minimum Gasteiger partial charge on any atom is -0.211 e. The third kappa shape index (κ3) is 4.24. The molecule has 0 amide bonds. The van der Waals surface area contributed by atoms with Crippen LogP contribution in [0, 0.1) is 6.07 Å². The van der Waals surface area contributed by atoms with E-state index in [1.165, 1.54) is 11.6 Å². The van der Waals surface area contributed by atoms with Gasteiger partial charge in [0.25, 0.3) is 0 Å². The number of nitrogens with zero attached hydrogens (tertiary/aromatic N) is 1. The molecule has 1 rings (SSSR count). The molecule has 1 aromatic rings. The Morgan fingerprint density at radius 1 is 1.38 bits per heavy atom. The molecule has 0 aliphatic rings. The fourth-order valence-electron chi connectivity index (χ4n) is 1.14. The molecule has 13 heavy (non-hydrogen) atoms. The first-order chi connectivity index (χ1) is 6.43. The average molecular weight is 174 g/mol. The first-order valence-corrected chi connectivity index (χ1v) is 4.42. The zero-order chi connectivity index (χ0) is 9.36. The van der Waals surface area contributed by atoms with Crippen LogP contribution in [0.1, 0.15) is 18.4 Å². The van der Waals surface area contributed by atoms with Crippen molar-refractivity contribution >= 4 is 6.08 Å². The molecule has 0 spiro atoms. The summed E-state index contributed by atoms with van der Waals surface area (Å²) in [4.78, 5) is 13.2. The molecule has 1 radical (unpaired) electrons. The van der Waals surface area contributed by atoms with Crippen molar-refractivity contribution in [2.24, 2.45) is 4.99 Å². The predicted molar refractivity (Wildman–Crippen MR) is 51.2 cm³/mol. The molecule has 0 saturated heterocycles. The van der Waals surface area contributed by atoms with Crippen LogP contribution >= 0.6 is 0 Å². The van der Waals surface area contributed by atoms with Crippen LogP contribution in [-0.2, 0) is 11.2 Å².